The number of rotatable bonds is 9. The summed E-state index contributed by atoms with van der Waals surface area (Å²) in [6, 6.07) is 29.8. The highest BCUT2D eigenvalue weighted by Gasteiger charge is 2.29. The van der Waals surface area contributed by atoms with Crippen molar-refractivity contribution in [2.45, 2.75) is 43.6 Å². The molecule has 0 N–H and O–H groups in total. The molecule has 8 heteroatoms. The van der Waals surface area contributed by atoms with Gasteiger partial charge in [0.25, 0.3) is 0 Å². The maximum Gasteiger partial charge on any atom is 0.143 e. The lowest BCUT2D eigenvalue weighted by Crippen LogP contribution is -2.40. The van der Waals surface area contributed by atoms with Crippen molar-refractivity contribution in [2.75, 3.05) is 19.7 Å². The third kappa shape index (κ3) is 6.03. The Morgan fingerprint density at radius 1 is 0.955 bits per heavy atom. The van der Waals surface area contributed by atoms with Crippen LogP contribution in [0.25, 0.3) is 16.8 Å². The normalized spacial score (nSPS) is 17.7. The van der Waals surface area contributed by atoms with Gasteiger partial charge in [-0.2, -0.15) is 4.68 Å². The number of likely N-dealkylation sites (tertiary alicyclic amines) is 1. The molecule has 0 radical (unpaired) electrons. The number of hydrogen-bond acceptors (Lipinski definition) is 6. The van der Waals surface area contributed by atoms with Gasteiger partial charge in [-0.15, -0.1) is 5.10 Å². The van der Waals surface area contributed by atoms with Crippen molar-refractivity contribution in [1.82, 2.24) is 30.1 Å². The predicted octanol–water partition coefficient (Wildman–Crippen LogP) is 7.23. The monoisotopic (exact) mass is 602 g/mol. The van der Waals surface area contributed by atoms with Crippen LogP contribution in [0.4, 0.5) is 0 Å². The molecule has 2 saturated heterocycles. The molecule has 2 aromatic heterocycles. The van der Waals surface area contributed by atoms with Gasteiger partial charge in [0.2, 0.25) is 0 Å². The zero-order valence-electron chi connectivity index (χ0n) is 24.6. The fourth-order valence-electron chi connectivity index (χ4n) is 6.46. The summed E-state index contributed by atoms with van der Waals surface area (Å²) in [5.41, 5.74) is 8.90. The highest BCUT2D eigenvalue weighted by Crippen LogP contribution is 2.36. The van der Waals surface area contributed by atoms with Crippen LogP contribution in [0, 0.1) is 0 Å². The van der Waals surface area contributed by atoms with E-state index in [1.54, 1.807) is 11.0 Å². The summed E-state index contributed by atoms with van der Waals surface area (Å²) in [5.74, 6) is 0.641. The molecule has 0 spiro atoms. The minimum Gasteiger partial charge on any atom is -0.373 e. The summed E-state index contributed by atoms with van der Waals surface area (Å²) in [4.78, 5) is 7.48. The topological polar surface area (TPSA) is 69.0 Å². The summed E-state index contributed by atoms with van der Waals surface area (Å²) in [5, 5.41) is 12.3. The molecule has 0 saturated carbocycles. The largest absolute Gasteiger partial charge is 0.373 e. The Balaban J connectivity index is 1.16. The van der Waals surface area contributed by atoms with Gasteiger partial charge in [0, 0.05) is 59.2 Å². The second kappa shape index (κ2) is 12.7. The van der Waals surface area contributed by atoms with E-state index < -0.39 is 0 Å². The van der Waals surface area contributed by atoms with E-state index in [1.807, 2.05) is 24.4 Å². The van der Waals surface area contributed by atoms with Gasteiger partial charge < -0.3 is 9.64 Å². The maximum atomic E-state index is 6.41. The quantitative estimate of drug-likeness (QED) is 0.177. The Morgan fingerprint density at radius 3 is 2.50 bits per heavy atom. The number of piperidine rings is 1. The fraction of sp³-hybridized carbons (Fsp3) is 0.278. The molecule has 0 amide bonds. The maximum absolute atomic E-state index is 6.41. The number of nitrogens with zero attached hydrogens (tertiary/aromatic N) is 6. The first kappa shape index (κ1) is 28.4. The van der Waals surface area contributed by atoms with E-state index in [2.05, 4.69) is 93.7 Å². The van der Waals surface area contributed by atoms with Crippen LogP contribution in [-0.4, -0.2) is 55.9 Å². The van der Waals surface area contributed by atoms with Gasteiger partial charge in [0.15, 0.2) is 0 Å². The van der Waals surface area contributed by atoms with E-state index in [1.165, 1.54) is 16.7 Å². The minimum atomic E-state index is 0.111. The SMILES string of the molecule is C=C(C1CCO1)N1CCC(c2cccc([C@H](Cc3ccccc3)c3ccc(-c4cc(Cl)ccc4-n4cnnn4)cn3)c2)CC1. The molecular weight excluding hydrogens is 568 g/mol. The van der Waals surface area contributed by atoms with Crippen LogP contribution in [0.1, 0.15) is 53.5 Å². The first-order chi connectivity index (χ1) is 21.6. The van der Waals surface area contributed by atoms with Crippen molar-refractivity contribution in [3.05, 3.63) is 137 Å². The summed E-state index contributed by atoms with van der Waals surface area (Å²) in [7, 11) is 0. The molecule has 1 unspecified atom stereocenters. The Kier molecular flexibility index (Phi) is 8.22. The molecule has 5 aromatic rings. The molecule has 7 nitrogen and oxygen atoms in total. The highest BCUT2D eigenvalue weighted by molar-refractivity contribution is 6.31. The molecule has 0 bridgehead atoms. The third-order valence-electron chi connectivity index (χ3n) is 9.05. The van der Waals surface area contributed by atoms with Crippen LogP contribution >= 0.6 is 11.6 Å². The second-order valence-corrected chi connectivity index (χ2v) is 12.1. The van der Waals surface area contributed by atoms with E-state index in [9.17, 15) is 0 Å². The molecule has 2 fully saturated rings. The Bertz CT molecular complexity index is 1710. The van der Waals surface area contributed by atoms with Crippen molar-refractivity contribution in [3.8, 4) is 16.8 Å². The number of aromatic nitrogens is 5. The summed E-state index contributed by atoms with van der Waals surface area (Å²) >= 11 is 6.41. The smallest absolute Gasteiger partial charge is 0.143 e. The second-order valence-electron chi connectivity index (χ2n) is 11.7. The molecule has 2 atom stereocenters. The first-order valence-electron chi connectivity index (χ1n) is 15.3. The van der Waals surface area contributed by atoms with E-state index in [0.717, 1.165) is 73.6 Å². The van der Waals surface area contributed by atoms with E-state index in [4.69, 9.17) is 21.3 Å². The standard InChI is InChI=1S/C36H35ClN6O/c1-25(36-16-19-44-36)42-17-14-27(15-18-42)28-8-5-9-29(21-28)32(20-26-6-3-2-4-7-26)34-12-10-30(23-38-34)33-22-31(37)11-13-35(33)43-24-39-40-41-43/h2-13,21-24,27,32,36H,1,14-20H2/t32-,36?/m0/s1. The van der Waals surface area contributed by atoms with E-state index in [0.29, 0.717) is 10.9 Å². The van der Waals surface area contributed by atoms with Crippen LogP contribution < -0.4 is 0 Å². The van der Waals surface area contributed by atoms with Crippen LogP contribution in [0.3, 0.4) is 0 Å². The number of tetrazole rings is 1. The van der Waals surface area contributed by atoms with Gasteiger partial charge in [-0.3, -0.25) is 4.98 Å². The molecule has 0 aliphatic carbocycles. The number of halogens is 1. The summed E-state index contributed by atoms with van der Waals surface area (Å²) < 4.78 is 7.33. The Morgan fingerprint density at radius 2 is 1.80 bits per heavy atom. The van der Waals surface area contributed by atoms with Crippen molar-refractivity contribution in [1.29, 1.82) is 0 Å². The molecule has 44 heavy (non-hydrogen) atoms. The van der Waals surface area contributed by atoms with Gasteiger partial charge in [0.05, 0.1) is 18.4 Å². The molecule has 7 rings (SSSR count). The van der Waals surface area contributed by atoms with Crippen LogP contribution in [0.5, 0.6) is 0 Å². The van der Waals surface area contributed by atoms with Gasteiger partial charge >= 0.3 is 0 Å². The number of benzene rings is 3. The molecule has 2 aliphatic heterocycles. The molecule has 222 valence electrons. The van der Waals surface area contributed by atoms with Crippen molar-refractivity contribution >= 4 is 11.6 Å². The van der Waals surface area contributed by atoms with Gasteiger partial charge in [0.1, 0.15) is 6.33 Å². The highest BCUT2D eigenvalue weighted by atomic mass is 35.5. The lowest BCUT2D eigenvalue weighted by molar-refractivity contribution is -0.0426. The molecule has 2 aliphatic rings. The van der Waals surface area contributed by atoms with Crippen LogP contribution in [0.15, 0.2) is 110 Å². The lowest BCUT2D eigenvalue weighted by Gasteiger charge is -2.40. The molecule has 3 aromatic carbocycles. The number of ether oxygens (including phenoxy) is 1. The zero-order chi connectivity index (χ0) is 29.9. The zero-order valence-corrected chi connectivity index (χ0v) is 25.4. The predicted molar refractivity (Wildman–Crippen MR) is 173 cm³/mol. The van der Waals surface area contributed by atoms with Gasteiger partial charge in [-0.25, -0.2) is 0 Å². The first-order valence-corrected chi connectivity index (χ1v) is 15.7. The van der Waals surface area contributed by atoms with Crippen LogP contribution in [0.2, 0.25) is 5.02 Å². The van der Waals surface area contributed by atoms with Crippen LogP contribution in [-0.2, 0) is 11.2 Å². The molecular formula is C36H35ClN6O. The lowest BCUT2D eigenvalue weighted by atomic mass is 9.83. The van der Waals surface area contributed by atoms with Crippen molar-refractivity contribution in [3.63, 3.8) is 0 Å². The fourth-order valence-corrected chi connectivity index (χ4v) is 6.63. The van der Waals surface area contributed by atoms with Crippen molar-refractivity contribution in [2.24, 2.45) is 0 Å². The minimum absolute atomic E-state index is 0.111. The summed E-state index contributed by atoms with van der Waals surface area (Å²) in [6.07, 6.45) is 7.94. The number of hydrogen-bond donors (Lipinski definition) is 0. The summed E-state index contributed by atoms with van der Waals surface area (Å²) in [6.45, 7) is 7.25. The average Bonchev–Trinajstić information content (AvgIpc) is 3.59. The number of pyridine rings is 1. The third-order valence-corrected chi connectivity index (χ3v) is 9.28. The Labute approximate surface area is 263 Å². The van der Waals surface area contributed by atoms with Gasteiger partial charge in [-0.1, -0.05) is 78.8 Å². The molecule has 4 heterocycles. The van der Waals surface area contributed by atoms with E-state index >= 15 is 0 Å². The Hall–Kier alpha value is -4.33. The van der Waals surface area contributed by atoms with Crippen molar-refractivity contribution < 1.29 is 4.74 Å². The van der Waals surface area contributed by atoms with E-state index in [-0.39, 0.29) is 12.0 Å². The van der Waals surface area contributed by atoms with Gasteiger partial charge in [-0.05, 0) is 76.6 Å². The average molecular weight is 603 g/mol.